The van der Waals surface area contributed by atoms with E-state index in [1.54, 1.807) is 17.1 Å². The number of hydrogen-bond acceptors (Lipinski definition) is 3. The fourth-order valence-electron chi connectivity index (χ4n) is 2.92. The van der Waals surface area contributed by atoms with E-state index in [9.17, 15) is 4.39 Å². The molecule has 0 bridgehead atoms. The highest BCUT2D eigenvalue weighted by Crippen LogP contribution is 2.59. The molecule has 2 aromatic carbocycles. The molecular formula is C17H13ClFN3O. The number of epoxide rings is 1. The lowest BCUT2D eigenvalue weighted by Gasteiger charge is -2.14. The molecule has 0 spiro atoms. The van der Waals surface area contributed by atoms with Gasteiger partial charge in [0.2, 0.25) is 0 Å². The van der Waals surface area contributed by atoms with E-state index in [1.807, 2.05) is 30.3 Å². The van der Waals surface area contributed by atoms with Crippen LogP contribution in [0.15, 0.2) is 61.2 Å². The Morgan fingerprint density at radius 2 is 2.09 bits per heavy atom. The monoisotopic (exact) mass is 329 g/mol. The number of hydrogen-bond donors (Lipinski definition) is 0. The first kappa shape index (κ1) is 14.4. The summed E-state index contributed by atoms with van der Waals surface area (Å²) in [5.74, 6) is -0.297. The summed E-state index contributed by atoms with van der Waals surface area (Å²) in [4.78, 5) is 3.96. The lowest BCUT2D eigenvalue weighted by molar-refractivity contribution is 0.262. The topological polar surface area (TPSA) is 43.2 Å². The highest BCUT2D eigenvalue weighted by atomic mass is 35.5. The van der Waals surface area contributed by atoms with E-state index in [1.165, 1.54) is 18.5 Å². The van der Waals surface area contributed by atoms with Gasteiger partial charge in [0.05, 0.1) is 6.54 Å². The van der Waals surface area contributed by atoms with E-state index < -0.39 is 5.60 Å². The summed E-state index contributed by atoms with van der Waals surface area (Å²) in [6, 6.07) is 14.0. The Hall–Kier alpha value is -2.24. The van der Waals surface area contributed by atoms with E-state index in [0.717, 1.165) is 11.1 Å². The second-order valence-corrected chi connectivity index (χ2v) is 5.92. The van der Waals surface area contributed by atoms with E-state index in [2.05, 4.69) is 10.1 Å². The van der Waals surface area contributed by atoms with Crippen molar-refractivity contribution in [1.29, 1.82) is 0 Å². The quantitative estimate of drug-likeness (QED) is 0.685. The molecule has 6 heteroatoms. The first-order chi connectivity index (χ1) is 11.2. The molecule has 116 valence electrons. The van der Waals surface area contributed by atoms with Crippen LogP contribution in [0.1, 0.15) is 17.2 Å². The zero-order chi connectivity index (χ0) is 15.9. The lowest BCUT2D eigenvalue weighted by Crippen LogP contribution is -2.19. The van der Waals surface area contributed by atoms with Gasteiger partial charge >= 0.3 is 0 Å². The third-order valence-corrected chi connectivity index (χ3v) is 4.40. The third kappa shape index (κ3) is 2.52. The molecule has 1 saturated heterocycles. The van der Waals surface area contributed by atoms with Crippen LogP contribution in [0, 0.1) is 5.82 Å². The van der Waals surface area contributed by atoms with Crippen LogP contribution in [0.2, 0.25) is 5.02 Å². The number of benzene rings is 2. The van der Waals surface area contributed by atoms with E-state index >= 15 is 0 Å². The predicted molar refractivity (Wildman–Crippen MR) is 83.4 cm³/mol. The van der Waals surface area contributed by atoms with Crippen molar-refractivity contribution in [3.05, 3.63) is 83.2 Å². The number of halogens is 2. The Labute approximate surface area is 137 Å². The van der Waals surface area contributed by atoms with Crippen LogP contribution < -0.4 is 0 Å². The van der Waals surface area contributed by atoms with Crippen LogP contribution in [0.25, 0.3) is 0 Å². The van der Waals surface area contributed by atoms with E-state index in [-0.39, 0.29) is 11.9 Å². The van der Waals surface area contributed by atoms with E-state index in [4.69, 9.17) is 16.3 Å². The van der Waals surface area contributed by atoms with Crippen molar-refractivity contribution in [3.8, 4) is 0 Å². The average molecular weight is 330 g/mol. The van der Waals surface area contributed by atoms with Crippen LogP contribution in [-0.4, -0.2) is 14.8 Å². The summed E-state index contributed by atoms with van der Waals surface area (Å²) in [6.07, 6.45) is 2.83. The van der Waals surface area contributed by atoms with Crippen molar-refractivity contribution in [2.45, 2.75) is 18.2 Å². The molecule has 4 rings (SSSR count). The molecule has 1 aliphatic heterocycles. The zero-order valence-corrected chi connectivity index (χ0v) is 12.8. The van der Waals surface area contributed by atoms with Gasteiger partial charge in [0.25, 0.3) is 0 Å². The van der Waals surface area contributed by atoms with Gasteiger partial charge < -0.3 is 4.74 Å². The SMILES string of the molecule is Fc1cccc([C@@]2(Cn3cncn3)O[C@@H]2c2ccccc2Cl)c1. The first-order valence-electron chi connectivity index (χ1n) is 7.20. The molecule has 2 atom stereocenters. The Morgan fingerprint density at radius 3 is 2.83 bits per heavy atom. The maximum absolute atomic E-state index is 13.7. The Bertz CT molecular complexity index is 839. The number of rotatable bonds is 4. The van der Waals surface area contributed by atoms with Crippen molar-refractivity contribution in [3.63, 3.8) is 0 Å². The van der Waals surface area contributed by atoms with Gasteiger partial charge in [-0.3, -0.25) is 0 Å². The third-order valence-electron chi connectivity index (χ3n) is 4.06. The summed E-state index contributed by atoms with van der Waals surface area (Å²) in [5, 5.41) is 4.77. The van der Waals surface area contributed by atoms with Crippen LogP contribution in [0.5, 0.6) is 0 Å². The smallest absolute Gasteiger partial charge is 0.144 e. The molecule has 0 unspecified atom stereocenters. The standard InChI is InChI=1S/C17H13ClFN3O/c18-15-7-2-1-6-14(15)16-17(23-16,9-22-11-20-10-21-22)12-4-3-5-13(19)8-12/h1-8,10-11,16H,9H2/t16-,17-/m1/s1. The summed E-state index contributed by atoms with van der Waals surface area (Å²) >= 11 is 6.30. The van der Waals surface area contributed by atoms with Gasteiger partial charge in [-0.25, -0.2) is 14.1 Å². The molecule has 3 aromatic rings. The molecule has 4 nitrogen and oxygen atoms in total. The van der Waals surface area contributed by atoms with Crippen LogP contribution >= 0.6 is 11.6 Å². The molecule has 0 amide bonds. The Balaban J connectivity index is 1.76. The van der Waals surface area contributed by atoms with Crippen molar-refractivity contribution in [2.75, 3.05) is 0 Å². The molecule has 0 radical (unpaired) electrons. The van der Waals surface area contributed by atoms with Crippen molar-refractivity contribution >= 4 is 11.6 Å². The molecule has 0 N–H and O–H groups in total. The van der Waals surface area contributed by atoms with Gasteiger partial charge in [-0.05, 0) is 23.8 Å². The number of nitrogens with zero attached hydrogens (tertiary/aromatic N) is 3. The fourth-order valence-corrected chi connectivity index (χ4v) is 3.15. The van der Waals surface area contributed by atoms with Crippen molar-refractivity contribution in [2.24, 2.45) is 0 Å². The van der Waals surface area contributed by atoms with Crippen LogP contribution in [-0.2, 0) is 16.9 Å². The average Bonchev–Trinajstić information content (AvgIpc) is 3.02. The molecule has 1 aliphatic rings. The fraction of sp³-hybridized carbons (Fsp3) is 0.176. The highest BCUT2D eigenvalue weighted by molar-refractivity contribution is 6.31. The highest BCUT2D eigenvalue weighted by Gasteiger charge is 2.59. The van der Waals surface area contributed by atoms with Gasteiger partial charge in [0, 0.05) is 10.6 Å². The van der Waals surface area contributed by atoms with Gasteiger partial charge in [0.1, 0.15) is 30.2 Å². The summed E-state index contributed by atoms with van der Waals surface area (Å²) in [7, 11) is 0. The molecule has 0 aliphatic carbocycles. The van der Waals surface area contributed by atoms with Gasteiger partial charge in [-0.1, -0.05) is 41.9 Å². The summed E-state index contributed by atoms with van der Waals surface area (Å²) in [6.45, 7) is 0.437. The molecule has 0 saturated carbocycles. The normalized spacial score (nSPS) is 23.0. The predicted octanol–water partition coefficient (Wildman–Crippen LogP) is 3.74. The Morgan fingerprint density at radius 1 is 1.22 bits per heavy atom. The minimum Gasteiger partial charge on any atom is -0.354 e. The molecular weight excluding hydrogens is 317 g/mol. The maximum Gasteiger partial charge on any atom is 0.144 e. The van der Waals surface area contributed by atoms with Gasteiger partial charge in [-0.15, -0.1) is 0 Å². The minimum atomic E-state index is -0.694. The second kappa shape index (κ2) is 5.44. The maximum atomic E-state index is 13.7. The van der Waals surface area contributed by atoms with E-state index in [0.29, 0.717) is 11.6 Å². The molecule has 1 aromatic heterocycles. The van der Waals surface area contributed by atoms with Crippen molar-refractivity contribution < 1.29 is 9.13 Å². The number of ether oxygens (including phenoxy) is 1. The zero-order valence-electron chi connectivity index (χ0n) is 12.1. The molecule has 2 heterocycles. The lowest BCUT2D eigenvalue weighted by atomic mass is 9.91. The summed E-state index contributed by atoms with van der Waals surface area (Å²) in [5.41, 5.74) is 0.956. The Kier molecular flexibility index (Phi) is 3.39. The van der Waals surface area contributed by atoms with Crippen molar-refractivity contribution in [1.82, 2.24) is 14.8 Å². The van der Waals surface area contributed by atoms with Gasteiger partial charge in [-0.2, -0.15) is 5.10 Å². The molecule has 23 heavy (non-hydrogen) atoms. The largest absolute Gasteiger partial charge is 0.354 e. The first-order valence-corrected chi connectivity index (χ1v) is 7.57. The minimum absolute atomic E-state index is 0.248. The van der Waals surface area contributed by atoms with Crippen LogP contribution in [0.3, 0.4) is 0 Å². The van der Waals surface area contributed by atoms with Gasteiger partial charge in [0.15, 0.2) is 0 Å². The summed E-state index contributed by atoms with van der Waals surface area (Å²) < 4.78 is 21.4. The molecule has 1 fully saturated rings. The number of aromatic nitrogens is 3. The second-order valence-electron chi connectivity index (χ2n) is 5.51. The van der Waals surface area contributed by atoms with Crippen LogP contribution in [0.4, 0.5) is 4.39 Å².